The summed E-state index contributed by atoms with van der Waals surface area (Å²) in [5, 5.41) is 13.7. The number of aromatic nitrogens is 2. The average Bonchev–Trinajstić information content (AvgIpc) is 3.25. The molecule has 2 aromatic carbocycles. The largest absolute Gasteiger partial charge is 0.478 e. The Labute approximate surface area is 146 Å². The van der Waals surface area contributed by atoms with E-state index in [0.717, 1.165) is 28.2 Å². The predicted octanol–water partition coefficient (Wildman–Crippen LogP) is 4.60. The van der Waals surface area contributed by atoms with Gasteiger partial charge in [0.05, 0.1) is 11.1 Å². The van der Waals surface area contributed by atoms with Crippen molar-refractivity contribution in [1.29, 1.82) is 0 Å². The molecule has 1 N–H and O–H groups in total. The third-order valence-electron chi connectivity index (χ3n) is 4.19. The van der Waals surface area contributed by atoms with Crippen molar-refractivity contribution in [3.8, 4) is 23.0 Å². The van der Waals surface area contributed by atoms with E-state index in [4.69, 9.17) is 14.0 Å². The van der Waals surface area contributed by atoms with Crippen LogP contribution in [-0.2, 0) is 0 Å². The number of carboxylic acids is 1. The minimum atomic E-state index is -1.21. The molecular weight excluding hydrogens is 339 g/mol. The van der Waals surface area contributed by atoms with Crippen molar-refractivity contribution in [1.82, 2.24) is 10.1 Å². The minimum Gasteiger partial charge on any atom is -0.478 e. The number of fused-ring (bicyclic) bond motifs is 1. The van der Waals surface area contributed by atoms with Crippen LogP contribution in [-0.4, -0.2) is 21.2 Å². The molecule has 0 bridgehead atoms. The van der Waals surface area contributed by atoms with E-state index < -0.39 is 11.8 Å². The van der Waals surface area contributed by atoms with Gasteiger partial charge in [0.15, 0.2) is 5.76 Å². The number of halogens is 1. The molecule has 6 nitrogen and oxygen atoms in total. The molecule has 2 aromatic heterocycles. The quantitative estimate of drug-likeness (QED) is 0.579. The zero-order valence-corrected chi connectivity index (χ0v) is 13.9. The number of furan rings is 1. The van der Waals surface area contributed by atoms with Crippen LogP contribution in [0, 0.1) is 19.7 Å². The summed E-state index contributed by atoms with van der Waals surface area (Å²) in [7, 11) is 0. The molecule has 0 unspecified atom stereocenters. The van der Waals surface area contributed by atoms with E-state index in [9.17, 15) is 9.18 Å². The van der Waals surface area contributed by atoms with Gasteiger partial charge in [0.2, 0.25) is 5.82 Å². The Balaban J connectivity index is 1.76. The first-order chi connectivity index (χ1) is 12.4. The number of benzene rings is 2. The maximum Gasteiger partial charge on any atom is 0.335 e. The second kappa shape index (κ2) is 5.80. The number of carboxylic acid groups (broad SMARTS) is 1. The Morgan fingerprint density at radius 1 is 1.12 bits per heavy atom. The Morgan fingerprint density at radius 2 is 1.88 bits per heavy atom. The number of aryl methyl sites for hydroxylation is 2. The average molecular weight is 352 g/mol. The molecule has 0 spiro atoms. The van der Waals surface area contributed by atoms with E-state index in [-0.39, 0.29) is 22.8 Å². The van der Waals surface area contributed by atoms with Gasteiger partial charge < -0.3 is 14.0 Å². The lowest BCUT2D eigenvalue weighted by atomic mass is 10.1. The van der Waals surface area contributed by atoms with Crippen molar-refractivity contribution in [3.63, 3.8) is 0 Å². The van der Waals surface area contributed by atoms with Gasteiger partial charge in [-0.2, -0.15) is 4.98 Å². The van der Waals surface area contributed by atoms with Crippen LogP contribution in [0.5, 0.6) is 0 Å². The lowest BCUT2D eigenvalue weighted by molar-refractivity contribution is 0.0696. The normalized spacial score (nSPS) is 11.2. The molecule has 0 aliphatic heterocycles. The molecule has 0 aliphatic rings. The summed E-state index contributed by atoms with van der Waals surface area (Å²) in [5.41, 5.74) is 2.64. The molecule has 0 aliphatic carbocycles. The molecule has 0 saturated carbocycles. The highest BCUT2D eigenvalue weighted by molar-refractivity contribution is 5.88. The van der Waals surface area contributed by atoms with Gasteiger partial charge in [0, 0.05) is 5.39 Å². The third kappa shape index (κ3) is 2.54. The molecule has 7 heteroatoms. The number of nitrogens with zero attached hydrogens (tertiary/aromatic N) is 2. The molecule has 4 aromatic rings. The van der Waals surface area contributed by atoms with Gasteiger partial charge in [-0.15, -0.1) is 0 Å². The summed E-state index contributed by atoms with van der Waals surface area (Å²) in [6, 6.07) is 9.26. The molecule has 4 rings (SSSR count). The van der Waals surface area contributed by atoms with Gasteiger partial charge in [-0.1, -0.05) is 17.3 Å². The van der Waals surface area contributed by atoms with Gasteiger partial charge in [-0.25, -0.2) is 9.18 Å². The first-order valence-corrected chi connectivity index (χ1v) is 7.81. The zero-order chi connectivity index (χ0) is 18.4. The maximum atomic E-state index is 14.2. The minimum absolute atomic E-state index is 0.0252. The Morgan fingerprint density at radius 3 is 2.58 bits per heavy atom. The highest BCUT2D eigenvalue weighted by Crippen LogP contribution is 2.32. The van der Waals surface area contributed by atoms with E-state index in [1.54, 1.807) is 0 Å². The molecule has 130 valence electrons. The number of hydrogen-bond acceptors (Lipinski definition) is 5. The van der Waals surface area contributed by atoms with Gasteiger partial charge in [0.1, 0.15) is 11.4 Å². The van der Waals surface area contributed by atoms with Crippen LogP contribution >= 0.6 is 0 Å². The SMILES string of the molecule is Cc1ccc(C)c2oc(-c3noc(-c4ccc(C(=O)O)cc4F)n3)cc12. The van der Waals surface area contributed by atoms with E-state index in [1.807, 2.05) is 32.0 Å². The molecule has 26 heavy (non-hydrogen) atoms. The summed E-state index contributed by atoms with van der Waals surface area (Å²) < 4.78 is 25.1. The second-order valence-electron chi connectivity index (χ2n) is 5.98. The van der Waals surface area contributed by atoms with E-state index >= 15 is 0 Å². The van der Waals surface area contributed by atoms with E-state index in [2.05, 4.69) is 10.1 Å². The van der Waals surface area contributed by atoms with Crippen LogP contribution in [0.4, 0.5) is 4.39 Å². The fourth-order valence-corrected chi connectivity index (χ4v) is 2.76. The number of hydrogen-bond donors (Lipinski definition) is 1. The lowest BCUT2D eigenvalue weighted by Gasteiger charge is -1.98. The molecule has 2 heterocycles. The molecule has 0 fully saturated rings. The third-order valence-corrected chi connectivity index (χ3v) is 4.19. The summed E-state index contributed by atoms with van der Waals surface area (Å²) >= 11 is 0. The Bertz CT molecular complexity index is 1120. The van der Waals surface area contributed by atoms with E-state index in [0.29, 0.717) is 5.76 Å². The highest BCUT2D eigenvalue weighted by atomic mass is 19.1. The van der Waals surface area contributed by atoms with Crippen LogP contribution in [0.15, 0.2) is 45.3 Å². The zero-order valence-electron chi connectivity index (χ0n) is 13.9. The fourth-order valence-electron chi connectivity index (χ4n) is 2.76. The molecule has 0 atom stereocenters. The van der Waals surface area contributed by atoms with Crippen molar-refractivity contribution >= 4 is 16.9 Å². The summed E-state index contributed by atoms with van der Waals surface area (Å²) in [4.78, 5) is 15.1. The summed E-state index contributed by atoms with van der Waals surface area (Å²) in [6.45, 7) is 3.91. The highest BCUT2D eigenvalue weighted by Gasteiger charge is 2.19. The van der Waals surface area contributed by atoms with Crippen LogP contribution in [0.2, 0.25) is 0 Å². The smallest absolute Gasteiger partial charge is 0.335 e. The fraction of sp³-hybridized carbons (Fsp3) is 0.105. The standard InChI is InChI=1S/C19H13FN2O4/c1-9-3-4-10(2)16-13(9)8-15(25-16)17-21-18(26-22-17)12-6-5-11(19(23)24)7-14(12)20/h3-8H,1-2H3,(H,23,24). The van der Waals surface area contributed by atoms with E-state index in [1.165, 1.54) is 12.1 Å². The van der Waals surface area contributed by atoms with Crippen LogP contribution < -0.4 is 0 Å². The van der Waals surface area contributed by atoms with Gasteiger partial charge in [0.25, 0.3) is 5.89 Å². The predicted molar refractivity (Wildman–Crippen MR) is 91.3 cm³/mol. The van der Waals surface area contributed by atoms with Crippen molar-refractivity contribution < 1.29 is 23.2 Å². The van der Waals surface area contributed by atoms with Crippen LogP contribution in [0.3, 0.4) is 0 Å². The van der Waals surface area contributed by atoms with Crippen molar-refractivity contribution in [3.05, 3.63) is 58.9 Å². The Hall–Kier alpha value is -3.48. The van der Waals surface area contributed by atoms with Crippen molar-refractivity contribution in [2.75, 3.05) is 0 Å². The summed E-state index contributed by atoms with van der Waals surface area (Å²) in [5.74, 6) is -1.42. The molecule has 0 saturated heterocycles. The second-order valence-corrected chi connectivity index (χ2v) is 5.98. The Kier molecular flexibility index (Phi) is 3.57. The number of rotatable bonds is 3. The van der Waals surface area contributed by atoms with Gasteiger partial charge in [-0.3, -0.25) is 0 Å². The summed E-state index contributed by atoms with van der Waals surface area (Å²) in [6.07, 6.45) is 0. The monoisotopic (exact) mass is 352 g/mol. The molecule has 0 amide bonds. The first kappa shape index (κ1) is 16.0. The number of carbonyl (C=O) groups is 1. The van der Waals surface area contributed by atoms with Crippen LogP contribution in [0.1, 0.15) is 21.5 Å². The number of aromatic carboxylic acids is 1. The van der Waals surface area contributed by atoms with Crippen LogP contribution in [0.25, 0.3) is 34.0 Å². The lowest BCUT2D eigenvalue weighted by Crippen LogP contribution is -1.97. The maximum absolute atomic E-state index is 14.2. The van der Waals surface area contributed by atoms with Gasteiger partial charge in [-0.05, 0) is 49.2 Å². The van der Waals surface area contributed by atoms with Crippen molar-refractivity contribution in [2.45, 2.75) is 13.8 Å². The van der Waals surface area contributed by atoms with Crippen molar-refractivity contribution in [2.24, 2.45) is 0 Å². The molecule has 0 radical (unpaired) electrons. The van der Waals surface area contributed by atoms with Gasteiger partial charge >= 0.3 is 5.97 Å². The topological polar surface area (TPSA) is 89.4 Å². The molecular formula is C19H13FN2O4. The first-order valence-electron chi connectivity index (χ1n) is 7.81.